The van der Waals surface area contributed by atoms with Crippen LogP contribution in [0.4, 0.5) is 11.4 Å². The smallest absolute Gasteiger partial charge is 0.267 e. The Morgan fingerprint density at radius 1 is 1.21 bits per heavy atom. The number of hydroxylamine groups is 1. The van der Waals surface area contributed by atoms with Crippen molar-refractivity contribution in [1.82, 2.24) is 5.48 Å². The molecule has 2 aromatic carbocycles. The highest BCUT2D eigenvalue weighted by atomic mass is 16.5. The predicted octanol–water partition coefficient (Wildman–Crippen LogP) is 3.58. The van der Waals surface area contributed by atoms with E-state index in [1.165, 1.54) is 11.6 Å². The molecule has 0 atom stereocenters. The summed E-state index contributed by atoms with van der Waals surface area (Å²) in [4.78, 5) is 15.6. The maximum absolute atomic E-state index is 11.0. The molecule has 0 saturated heterocycles. The molecule has 5 nitrogen and oxygen atoms in total. The molecule has 0 aliphatic carbocycles. The number of anilines is 1. The van der Waals surface area contributed by atoms with Gasteiger partial charge in [-0.05, 0) is 42.2 Å². The van der Waals surface area contributed by atoms with Crippen molar-refractivity contribution in [3.8, 4) is 0 Å². The van der Waals surface area contributed by atoms with E-state index in [4.69, 9.17) is 5.21 Å². The number of amides is 1. The van der Waals surface area contributed by atoms with Gasteiger partial charge in [0.25, 0.3) is 5.91 Å². The first-order chi connectivity index (χ1) is 11.7. The van der Waals surface area contributed by atoms with Crippen LogP contribution in [0.5, 0.6) is 0 Å². The number of hydrogen-bond acceptors (Lipinski definition) is 4. The summed E-state index contributed by atoms with van der Waals surface area (Å²) in [6.07, 6.45) is 6.57. The highest BCUT2D eigenvalue weighted by Gasteiger charge is 2.00. The normalized spacial score (nSPS) is 11.1. The van der Waals surface area contributed by atoms with Crippen LogP contribution in [-0.2, 0) is 11.2 Å². The van der Waals surface area contributed by atoms with E-state index in [2.05, 4.69) is 22.4 Å². The van der Waals surface area contributed by atoms with Crippen LogP contribution in [0.3, 0.4) is 0 Å². The number of carbonyl (C=O) groups excluding carboxylic acids is 1. The van der Waals surface area contributed by atoms with Crippen LogP contribution < -0.4 is 10.8 Å². The minimum atomic E-state index is -0.569. The molecule has 0 bridgehead atoms. The molecule has 0 unspecified atom stereocenters. The zero-order chi connectivity index (χ0) is 17.2. The van der Waals surface area contributed by atoms with Crippen LogP contribution >= 0.6 is 0 Å². The monoisotopic (exact) mass is 323 g/mol. The number of benzene rings is 2. The van der Waals surface area contributed by atoms with Crippen molar-refractivity contribution in [2.24, 2.45) is 4.99 Å². The lowest BCUT2D eigenvalue weighted by Crippen LogP contribution is -2.14. The van der Waals surface area contributed by atoms with Gasteiger partial charge in [0.05, 0.1) is 11.4 Å². The fourth-order valence-corrected chi connectivity index (χ4v) is 2.22. The molecular weight excluding hydrogens is 302 g/mol. The number of aryl methyl sites for hydroxylation is 1. The Labute approximate surface area is 141 Å². The quantitative estimate of drug-likeness (QED) is 0.315. The molecule has 2 rings (SSSR count). The van der Waals surface area contributed by atoms with Gasteiger partial charge < -0.3 is 5.32 Å². The minimum Gasteiger partial charge on any atom is -0.386 e. The lowest BCUT2D eigenvalue weighted by molar-refractivity contribution is -0.124. The van der Waals surface area contributed by atoms with Crippen molar-refractivity contribution in [3.05, 3.63) is 65.7 Å². The van der Waals surface area contributed by atoms with Crippen molar-refractivity contribution in [1.29, 1.82) is 0 Å². The topological polar surface area (TPSA) is 73.7 Å². The molecule has 24 heavy (non-hydrogen) atoms. The van der Waals surface area contributed by atoms with Crippen LogP contribution in [0.15, 0.2) is 59.6 Å². The number of nitrogens with one attached hydrogen (secondary N) is 2. The average molecular weight is 323 g/mol. The average Bonchev–Trinajstić information content (AvgIpc) is 2.64. The lowest BCUT2D eigenvalue weighted by Gasteiger charge is -2.06. The van der Waals surface area contributed by atoms with Crippen molar-refractivity contribution >= 4 is 29.6 Å². The van der Waals surface area contributed by atoms with E-state index in [0.717, 1.165) is 29.8 Å². The van der Waals surface area contributed by atoms with Gasteiger partial charge in [0.1, 0.15) is 0 Å². The van der Waals surface area contributed by atoms with Gasteiger partial charge in [-0.25, -0.2) is 5.48 Å². The Morgan fingerprint density at radius 3 is 2.71 bits per heavy atom. The van der Waals surface area contributed by atoms with Gasteiger partial charge in [-0.15, -0.1) is 0 Å². The van der Waals surface area contributed by atoms with E-state index in [9.17, 15) is 4.79 Å². The van der Waals surface area contributed by atoms with E-state index in [-0.39, 0.29) is 0 Å². The molecule has 0 heterocycles. The van der Waals surface area contributed by atoms with Gasteiger partial charge >= 0.3 is 0 Å². The number of nitrogens with zero attached hydrogens (tertiary/aromatic N) is 1. The van der Waals surface area contributed by atoms with Crippen LogP contribution in [0.2, 0.25) is 0 Å². The largest absolute Gasteiger partial charge is 0.386 e. The van der Waals surface area contributed by atoms with Crippen molar-refractivity contribution in [2.45, 2.75) is 12.8 Å². The maximum Gasteiger partial charge on any atom is 0.267 e. The zero-order valence-corrected chi connectivity index (χ0v) is 13.6. The Hall–Kier alpha value is -2.92. The SMILES string of the molecule is CNc1ccc(/C=C/C(=O)NO)cc1/N=C/CCc1ccccc1. The first-order valence-corrected chi connectivity index (χ1v) is 7.73. The first kappa shape index (κ1) is 17.4. The molecule has 0 aromatic heterocycles. The summed E-state index contributed by atoms with van der Waals surface area (Å²) < 4.78 is 0. The highest BCUT2D eigenvalue weighted by molar-refractivity contribution is 5.91. The Kier molecular flexibility index (Phi) is 6.73. The molecule has 5 heteroatoms. The zero-order valence-electron chi connectivity index (χ0n) is 13.6. The van der Waals surface area contributed by atoms with Crippen molar-refractivity contribution < 1.29 is 10.0 Å². The van der Waals surface area contributed by atoms with E-state index >= 15 is 0 Å². The van der Waals surface area contributed by atoms with Gasteiger partial charge in [0, 0.05) is 19.3 Å². The molecule has 124 valence electrons. The van der Waals surface area contributed by atoms with E-state index in [1.807, 2.05) is 49.7 Å². The second kappa shape index (κ2) is 9.27. The number of carbonyl (C=O) groups is 1. The molecule has 2 aromatic rings. The minimum absolute atomic E-state index is 0.569. The summed E-state index contributed by atoms with van der Waals surface area (Å²) in [5.74, 6) is -0.569. The van der Waals surface area contributed by atoms with Crippen LogP contribution in [0.25, 0.3) is 6.08 Å². The van der Waals surface area contributed by atoms with E-state index in [1.54, 1.807) is 11.6 Å². The number of aliphatic imine (C=N–C) groups is 1. The molecule has 0 aliphatic rings. The van der Waals surface area contributed by atoms with Gasteiger partial charge in [0.15, 0.2) is 0 Å². The number of hydrogen-bond donors (Lipinski definition) is 3. The van der Waals surface area contributed by atoms with Gasteiger partial charge in [-0.2, -0.15) is 0 Å². The summed E-state index contributed by atoms with van der Waals surface area (Å²) >= 11 is 0. The standard InChI is InChI=1S/C19H21N3O2/c1-20-17-11-9-16(10-12-19(23)22-24)14-18(17)21-13-5-8-15-6-3-2-4-7-15/h2-4,6-7,9-14,20,24H,5,8H2,1H3,(H,22,23)/b12-10+,21-13+. The second-order valence-corrected chi connectivity index (χ2v) is 5.17. The molecular formula is C19H21N3O2. The van der Waals surface area contributed by atoms with Gasteiger partial charge in [0.2, 0.25) is 0 Å². The molecule has 0 radical (unpaired) electrons. The van der Waals surface area contributed by atoms with Crippen molar-refractivity contribution in [2.75, 3.05) is 12.4 Å². The summed E-state index contributed by atoms with van der Waals surface area (Å²) in [5.41, 5.74) is 5.39. The van der Waals surface area contributed by atoms with Crippen LogP contribution in [-0.4, -0.2) is 24.4 Å². The van der Waals surface area contributed by atoms with E-state index in [0.29, 0.717) is 0 Å². The van der Waals surface area contributed by atoms with Gasteiger partial charge in [-0.1, -0.05) is 36.4 Å². The molecule has 1 amide bonds. The summed E-state index contributed by atoms with van der Waals surface area (Å²) in [6, 6.07) is 15.9. The van der Waals surface area contributed by atoms with Crippen LogP contribution in [0, 0.1) is 0 Å². The molecule has 0 aliphatic heterocycles. The molecule has 0 spiro atoms. The summed E-state index contributed by atoms with van der Waals surface area (Å²) in [6.45, 7) is 0. The maximum atomic E-state index is 11.0. The third-order valence-corrected chi connectivity index (χ3v) is 3.46. The van der Waals surface area contributed by atoms with Crippen LogP contribution in [0.1, 0.15) is 17.5 Å². The highest BCUT2D eigenvalue weighted by Crippen LogP contribution is 2.26. The lowest BCUT2D eigenvalue weighted by atomic mass is 10.1. The first-order valence-electron chi connectivity index (χ1n) is 7.73. The third kappa shape index (κ3) is 5.37. The summed E-state index contributed by atoms with van der Waals surface area (Å²) in [7, 11) is 1.84. The molecule has 0 fully saturated rings. The third-order valence-electron chi connectivity index (χ3n) is 3.46. The summed E-state index contributed by atoms with van der Waals surface area (Å²) in [5, 5.41) is 11.6. The van der Waals surface area contributed by atoms with E-state index < -0.39 is 5.91 Å². The predicted molar refractivity (Wildman–Crippen MR) is 97.9 cm³/mol. The Bertz CT molecular complexity index is 725. The fourth-order valence-electron chi connectivity index (χ4n) is 2.22. The van der Waals surface area contributed by atoms with Gasteiger partial charge in [-0.3, -0.25) is 15.0 Å². The van der Waals surface area contributed by atoms with Crippen molar-refractivity contribution in [3.63, 3.8) is 0 Å². The number of rotatable bonds is 7. The Balaban J connectivity index is 2.05. The fraction of sp³-hybridized carbons (Fsp3) is 0.158. The second-order valence-electron chi connectivity index (χ2n) is 5.17. The molecule has 0 saturated carbocycles. The molecule has 3 N–H and O–H groups in total. The Morgan fingerprint density at radius 2 is 2.00 bits per heavy atom.